The molecule has 0 aliphatic carbocycles. The average molecular weight is 496 g/mol. The van der Waals surface area contributed by atoms with Crippen LogP contribution in [0.15, 0.2) is 54.6 Å². The number of alkyl halides is 2. The van der Waals surface area contributed by atoms with E-state index in [1.54, 1.807) is 13.0 Å². The van der Waals surface area contributed by atoms with Crippen LogP contribution < -0.4 is 4.74 Å². The van der Waals surface area contributed by atoms with E-state index in [-0.39, 0.29) is 17.2 Å². The molecule has 1 aliphatic rings. The number of rotatable bonds is 9. The maximum atomic E-state index is 13.0. The number of halogens is 2. The second kappa shape index (κ2) is 11.5. The minimum absolute atomic E-state index is 0.0358. The van der Waals surface area contributed by atoms with E-state index in [0.717, 1.165) is 46.6 Å². The van der Waals surface area contributed by atoms with Crippen molar-refractivity contribution in [2.45, 2.75) is 51.8 Å². The SMILES string of the molecule is CC#C[C@@H](CC(=O)O)c1ccc(OCc2cccc(CN3CCc4sc(C(F)F)cc4C3)c2)cc1. The summed E-state index contributed by atoms with van der Waals surface area (Å²) < 4.78 is 32.0. The Morgan fingerprint density at radius 3 is 2.66 bits per heavy atom. The van der Waals surface area contributed by atoms with Gasteiger partial charge in [-0.25, -0.2) is 8.78 Å². The number of carboxylic acids is 1. The van der Waals surface area contributed by atoms with Crippen molar-refractivity contribution < 1.29 is 23.4 Å². The molecule has 0 radical (unpaired) electrons. The number of aliphatic carboxylic acids is 1. The maximum Gasteiger partial charge on any atom is 0.304 e. The number of carboxylic acid groups (broad SMARTS) is 1. The fourth-order valence-electron chi connectivity index (χ4n) is 4.30. The molecule has 1 atom stereocenters. The van der Waals surface area contributed by atoms with Crippen LogP contribution in [-0.4, -0.2) is 22.5 Å². The molecular formula is C28H27F2NO3S. The Kier molecular flexibility index (Phi) is 8.17. The van der Waals surface area contributed by atoms with Gasteiger partial charge in [0.15, 0.2) is 0 Å². The molecule has 35 heavy (non-hydrogen) atoms. The van der Waals surface area contributed by atoms with Crippen LogP contribution in [0.3, 0.4) is 0 Å². The third-order valence-corrected chi connectivity index (χ3v) is 7.21. The first-order valence-corrected chi connectivity index (χ1v) is 12.3. The molecule has 0 saturated heterocycles. The highest BCUT2D eigenvalue weighted by Gasteiger charge is 2.22. The first-order valence-electron chi connectivity index (χ1n) is 11.5. The van der Waals surface area contributed by atoms with Crippen LogP contribution in [0.5, 0.6) is 5.75 Å². The van der Waals surface area contributed by atoms with E-state index in [1.165, 1.54) is 11.3 Å². The van der Waals surface area contributed by atoms with E-state index >= 15 is 0 Å². The lowest BCUT2D eigenvalue weighted by atomic mass is 9.96. The fraction of sp³-hybridized carbons (Fsp3) is 0.321. The van der Waals surface area contributed by atoms with Gasteiger partial charge in [0, 0.05) is 24.5 Å². The van der Waals surface area contributed by atoms with E-state index in [0.29, 0.717) is 18.9 Å². The van der Waals surface area contributed by atoms with Crippen molar-refractivity contribution in [3.8, 4) is 17.6 Å². The van der Waals surface area contributed by atoms with Gasteiger partial charge in [0.1, 0.15) is 12.4 Å². The molecule has 7 heteroatoms. The van der Waals surface area contributed by atoms with E-state index < -0.39 is 12.4 Å². The quantitative estimate of drug-likeness (QED) is 0.349. The number of hydrogen-bond donors (Lipinski definition) is 1. The van der Waals surface area contributed by atoms with Crippen molar-refractivity contribution in [2.75, 3.05) is 6.54 Å². The summed E-state index contributed by atoms with van der Waals surface area (Å²) in [4.78, 5) is 14.6. The molecule has 2 aromatic carbocycles. The smallest absolute Gasteiger partial charge is 0.304 e. The second-order valence-corrected chi connectivity index (χ2v) is 9.75. The molecule has 1 N–H and O–H groups in total. The lowest BCUT2D eigenvalue weighted by Crippen LogP contribution is -2.29. The van der Waals surface area contributed by atoms with Crippen molar-refractivity contribution in [1.82, 2.24) is 4.90 Å². The summed E-state index contributed by atoms with van der Waals surface area (Å²) in [5.41, 5.74) is 4.08. The lowest BCUT2D eigenvalue weighted by Gasteiger charge is -2.26. The van der Waals surface area contributed by atoms with Crippen LogP contribution in [0.25, 0.3) is 0 Å². The topological polar surface area (TPSA) is 49.8 Å². The summed E-state index contributed by atoms with van der Waals surface area (Å²) >= 11 is 1.24. The number of hydrogen-bond acceptors (Lipinski definition) is 4. The number of nitrogens with zero attached hydrogens (tertiary/aromatic N) is 1. The molecule has 0 bridgehead atoms. The Morgan fingerprint density at radius 2 is 1.94 bits per heavy atom. The molecule has 3 aromatic rings. The van der Waals surface area contributed by atoms with Crippen molar-refractivity contribution in [2.24, 2.45) is 0 Å². The molecule has 0 fully saturated rings. The Labute approximate surface area is 208 Å². The van der Waals surface area contributed by atoms with Crippen LogP contribution in [0, 0.1) is 11.8 Å². The Morgan fingerprint density at radius 1 is 1.17 bits per heavy atom. The van der Waals surface area contributed by atoms with Gasteiger partial charge in [0.05, 0.1) is 17.2 Å². The molecule has 1 aliphatic heterocycles. The largest absolute Gasteiger partial charge is 0.489 e. The molecular weight excluding hydrogens is 468 g/mol. The molecule has 0 spiro atoms. The Bertz CT molecular complexity index is 1230. The Hall–Kier alpha value is -3.21. The van der Waals surface area contributed by atoms with Crippen molar-refractivity contribution >= 4 is 17.3 Å². The standard InChI is InChI=1S/C28H27F2NO3S/c1-2-4-22(15-27(32)33)21-7-9-24(10-8-21)34-18-20-6-3-5-19(13-20)16-31-12-11-25-23(17-31)14-26(35-25)28(29)30/h3,5-10,13-14,22,28H,11-12,15-18H2,1H3,(H,32,33)/t22-/m0/s1. The number of ether oxygens (including phenoxy) is 1. The highest BCUT2D eigenvalue weighted by molar-refractivity contribution is 7.12. The Balaban J connectivity index is 1.34. The van der Waals surface area contributed by atoms with Gasteiger partial charge in [0.2, 0.25) is 0 Å². The van der Waals surface area contributed by atoms with Crippen LogP contribution in [0.4, 0.5) is 8.78 Å². The van der Waals surface area contributed by atoms with Crippen LogP contribution >= 0.6 is 11.3 Å². The number of thiophene rings is 1. The summed E-state index contributed by atoms with van der Waals surface area (Å²) in [6.45, 7) is 4.41. The van der Waals surface area contributed by atoms with Crippen LogP contribution in [0.2, 0.25) is 0 Å². The minimum atomic E-state index is -2.40. The first-order chi connectivity index (χ1) is 16.9. The van der Waals surface area contributed by atoms with Gasteiger partial charge in [-0.05, 0) is 53.8 Å². The van der Waals surface area contributed by atoms with Gasteiger partial charge in [-0.15, -0.1) is 17.3 Å². The van der Waals surface area contributed by atoms with Crippen molar-refractivity contribution in [1.29, 1.82) is 0 Å². The summed E-state index contributed by atoms with van der Waals surface area (Å²) in [5, 5.41) is 9.10. The molecule has 182 valence electrons. The molecule has 4 nitrogen and oxygen atoms in total. The minimum Gasteiger partial charge on any atom is -0.489 e. The van der Waals surface area contributed by atoms with Crippen molar-refractivity contribution in [3.63, 3.8) is 0 Å². The molecule has 0 unspecified atom stereocenters. The molecule has 0 saturated carbocycles. The third kappa shape index (κ3) is 6.68. The summed E-state index contributed by atoms with van der Waals surface area (Å²) in [5.74, 6) is 5.23. The van der Waals surface area contributed by atoms with Gasteiger partial charge in [-0.2, -0.15) is 0 Å². The summed E-state index contributed by atoms with van der Waals surface area (Å²) in [6.07, 6.45) is -1.63. The zero-order valence-corrected chi connectivity index (χ0v) is 20.3. The molecule has 1 aromatic heterocycles. The lowest BCUT2D eigenvalue weighted by molar-refractivity contribution is -0.137. The predicted molar refractivity (Wildman–Crippen MR) is 133 cm³/mol. The normalized spacial score (nSPS) is 14.2. The van der Waals surface area contributed by atoms with Crippen molar-refractivity contribution in [3.05, 3.63) is 86.6 Å². The zero-order valence-electron chi connectivity index (χ0n) is 19.5. The number of carbonyl (C=O) groups is 1. The first kappa shape index (κ1) is 24.9. The fourth-order valence-corrected chi connectivity index (χ4v) is 5.32. The van der Waals surface area contributed by atoms with Crippen LogP contribution in [-0.2, 0) is 30.9 Å². The van der Waals surface area contributed by atoms with E-state index in [1.807, 2.05) is 36.4 Å². The highest BCUT2D eigenvalue weighted by Crippen LogP contribution is 2.34. The molecule has 4 rings (SSSR count). The predicted octanol–water partition coefficient (Wildman–Crippen LogP) is 6.40. The van der Waals surface area contributed by atoms with Gasteiger partial charge >= 0.3 is 5.97 Å². The van der Waals surface area contributed by atoms with E-state index in [2.05, 4.69) is 28.9 Å². The van der Waals surface area contributed by atoms with Gasteiger partial charge < -0.3 is 9.84 Å². The number of fused-ring (bicyclic) bond motifs is 1. The number of benzene rings is 2. The molecule has 2 heterocycles. The van der Waals surface area contributed by atoms with E-state index in [4.69, 9.17) is 9.84 Å². The average Bonchev–Trinajstić information content (AvgIpc) is 3.27. The molecule has 0 amide bonds. The van der Waals surface area contributed by atoms with Gasteiger partial charge in [-0.3, -0.25) is 9.69 Å². The zero-order chi connectivity index (χ0) is 24.8. The monoisotopic (exact) mass is 495 g/mol. The maximum absolute atomic E-state index is 13.0. The van der Waals surface area contributed by atoms with E-state index in [9.17, 15) is 13.6 Å². The summed E-state index contributed by atoms with van der Waals surface area (Å²) in [6, 6.07) is 17.3. The van der Waals surface area contributed by atoms with Gasteiger partial charge in [0.25, 0.3) is 6.43 Å². The highest BCUT2D eigenvalue weighted by atomic mass is 32.1. The summed E-state index contributed by atoms with van der Waals surface area (Å²) in [7, 11) is 0. The third-order valence-electron chi connectivity index (χ3n) is 5.96. The second-order valence-electron chi connectivity index (χ2n) is 8.58. The van der Waals surface area contributed by atoms with Gasteiger partial charge in [-0.1, -0.05) is 42.3 Å². The van der Waals surface area contributed by atoms with Crippen LogP contribution in [0.1, 0.15) is 57.7 Å².